The maximum atomic E-state index is 10.9. The highest BCUT2D eigenvalue weighted by Gasteiger charge is 2.12. The van der Waals surface area contributed by atoms with Gasteiger partial charge < -0.3 is 5.32 Å². The number of nitrogens with one attached hydrogen (secondary N) is 1. The summed E-state index contributed by atoms with van der Waals surface area (Å²) in [6.45, 7) is 2.36. The lowest BCUT2D eigenvalue weighted by Gasteiger charge is -2.07. The lowest BCUT2D eigenvalue weighted by atomic mass is 10.2. The summed E-state index contributed by atoms with van der Waals surface area (Å²) in [6, 6.07) is 10.6. The molecule has 1 aromatic carbocycles. The number of rotatable bonds is 4. The van der Waals surface area contributed by atoms with Gasteiger partial charge in [-0.15, -0.1) is 0 Å². The van der Waals surface area contributed by atoms with Gasteiger partial charge in [0.15, 0.2) is 0 Å². The molecule has 2 aromatic rings. The van der Waals surface area contributed by atoms with Gasteiger partial charge in [-0.2, -0.15) is 0 Å². The fourth-order valence-corrected chi connectivity index (χ4v) is 1.64. The fraction of sp³-hybridized carbons (Fsp3) is 0.154. The van der Waals surface area contributed by atoms with Crippen LogP contribution < -0.4 is 5.32 Å². The Morgan fingerprint density at radius 3 is 2.83 bits per heavy atom. The second-order valence-corrected chi connectivity index (χ2v) is 3.95. The maximum Gasteiger partial charge on any atom is 0.292 e. The van der Waals surface area contributed by atoms with Crippen LogP contribution in [-0.4, -0.2) is 9.91 Å². The Morgan fingerprint density at radius 2 is 2.17 bits per heavy atom. The van der Waals surface area contributed by atoms with E-state index < -0.39 is 0 Å². The van der Waals surface area contributed by atoms with Gasteiger partial charge in [-0.3, -0.25) is 15.1 Å². The maximum absolute atomic E-state index is 10.9. The number of nitro benzene ring substituents is 1. The van der Waals surface area contributed by atoms with Crippen LogP contribution >= 0.6 is 0 Å². The summed E-state index contributed by atoms with van der Waals surface area (Å²) in [6.07, 6.45) is 1.70. The van der Waals surface area contributed by atoms with Crippen molar-refractivity contribution < 1.29 is 4.92 Å². The number of anilines is 1. The SMILES string of the molecule is Cc1ccc([N+](=O)[O-])c(NCc2ccccn2)c1. The summed E-state index contributed by atoms with van der Waals surface area (Å²) < 4.78 is 0. The van der Waals surface area contributed by atoms with E-state index in [0.717, 1.165) is 11.3 Å². The largest absolute Gasteiger partial charge is 0.374 e. The van der Waals surface area contributed by atoms with Crippen LogP contribution in [0.15, 0.2) is 42.6 Å². The molecule has 0 spiro atoms. The van der Waals surface area contributed by atoms with Gasteiger partial charge in [0.05, 0.1) is 17.2 Å². The summed E-state index contributed by atoms with van der Waals surface area (Å²) in [5.41, 5.74) is 2.42. The number of pyridine rings is 1. The number of benzene rings is 1. The highest BCUT2D eigenvalue weighted by molar-refractivity contribution is 5.62. The smallest absolute Gasteiger partial charge is 0.292 e. The predicted molar refractivity (Wildman–Crippen MR) is 69.4 cm³/mol. The van der Waals surface area contributed by atoms with Crippen molar-refractivity contribution in [2.45, 2.75) is 13.5 Å². The van der Waals surface area contributed by atoms with Crippen molar-refractivity contribution >= 4 is 11.4 Å². The standard InChI is InChI=1S/C13H13N3O2/c1-10-5-6-13(16(17)18)12(8-10)15-9-11-4-2-3-7-14-11/h2-8,15H,9H2,1H3. The Kier molecular flexibility index (Phi) is 3.52. The van der Waals surface area contributed by atoms with Crippen molar-refractivity contribution in [3.05, 3.63) is 64.0 Å². The van der Waals surface area contributed by atoms with Gasteiger partial charge in [0.25, 0.3) is 5.69 Å². The fourth-order valence-electron chi connectivity index (χ4n) is 1.64. The third kappa shape index (κ3) is 2.82. The molecule has 0 saturated heterocycles. The van der Waals surface area contributed by atoms with Crippen LogP contribution in [0.3, 0.4) is 0 Å². The van der Waals surface area contributed by atoms with E-state index in [1.165, 1.54) is 6.07 Å². The van der Waals surface area contributed by atoms with Crippen LogP contribution in [0.25, 0.3) is 0 Å². The first-order valence-electron chi connectivity index (χ1n) is 5.55. The summed E-state index contributed by atoms with van der Waals surface area (Å²) in [7, 11) is 0. The molecule has 1 heterocycles. The Labute approximate surface area is 105 Å². The van der Waals surface area contributed by atoms with Crippen LogP contribution in [0.4, 0.5) is 11.4 Å². The van der Waals surface area contributed by atoms with E-state index in [4.69, 9.17) is 0 Å². The number of hydrogen-bond donors (Lipinski definition) is 1. The number of nitrogens with zero attached hydrogens (tertiary/aromatic N) is 2. The van der Waals surface area contributed by atoms with Crippen molar-refractivity contribution in [2.75, 3.05) is 5.32 Å². The molecule has 0 saturated carbocycles. The minimum absolute atomic E-state index is 0.0801. The molecule has 92 valence electrons. The average Bonchev–Trinajstić information content (AvgIpc) is 2.37. The van der Waals surface area contributed by atoms with Gasteiger partial charge in [-0.25, -0.2) is 0 Å². The molecule has 0 aliphatic carbocycles. The normalized spacial score (nSPS) is 10.1. The van der Waals surface area contributed by atoms with Crippen LogP contribution in [0.5, 0.6) is 0 Å². The molecule has 18 heavy (non-hydrogen) atoms. The predicted octanol–water partition coefficient (Wildman–Crippen LogP) is 2.91. The Morgan fingerprint density at radius 1 is 1.33 bits per heavy atom. The summed E-state index contributed by atoms with van der Waals surface area (Å²) in [5, 5.41) is 13.9. The van der Waals surface area contributed by atoms with Crippen LogP contribution in [0.1, 0.15) is 11.3 Å². The van der Waals surface area contributed by atoms with Gasteiger partial charge in [0, 0.05) is 12.3 Å². The van der Waals surface area contributed by atoms with E-state index in [2.05, 4.69) is 10.3 Å². The molecule has 0 radical (unpaired) electrons. The first-order valence-corrected chi connectivity index (χ1v) is 5.55. The van der Waals surface area contributed by atoms with E-state index >= 15 is 0 Å². The average molecular weight is 243 g/mol. The molecule has 2 rings (SSSR count). The molecule has 0 unspecified atom stereocenters. The van der Waals surface area contributed by atoms with E-state index in [9.17, 15) is 10.1 Å². The van der Waals surface area contributed by atoms with E-state index in [1.54, 1.807) is 18.3 Å². The highest BCUT2D eigenvalue weighted by Crippen LogP contribution is 2.25. The second kappa shape index (κ2) is 5.27. The molecular formula is C13H13N3O2. The van der Waals surface area contributed by atoms with Gasteiger partial charge in [-0.1, -0.05) is 12.1 Å². The lowest BCUT2D eigenvalue weighted by Crippen LogP contribution is -2.04. The number of hydrogen-bond acceptors (Lipinski definition) is 4. The Balaban J connectivity index is 2.18. The summed E-state index contributed by atoms with van der Waals surface area (Å²) in [5.74, 6) is 0. The Hall–Kier alpha value is -2.43. The third-order valence-corrected chi connectivity index (χ3v) is 2.53. The number of aromatic nitrogens is 1. The number of nitro groups is 1. The highest BCUT2D eigenvalue weighted by atomic mass is 16.6. The minimum atomic E-state index is -0.389. The molecule has 0 aliphatic rings. The van der Waals surface area contributed by atoms with Crippen LogP contribution in [0, 0.1) is 17.0 Å². The topological polar surface area (TPSA) is 68.1 Å². The van der Waals surface area contributed by atoms with Gasteiger partial charge in [0.2, 0.25) is 0 Å². The molecule has 0 aliphatic heterocycles. The third-order valence-electron chi connectivity index (χ3n) is 2.53. The first kappa shape index (κ1) is 12.0. The summed E-state index contributed by atoms with van der Waals surface area (Å²) in [4.78, 5) is 14.7. The molecular weight excluding hydrogens is 230 g/mol. The van der Waals surface area contributed by atoms with Gasteiger partial charge in [0.1, 0.15) is 5.69 Å². The Bertz CT molecular complexity index is 555. The number of aryl methyl sites for hydroxylation is 1. The van der Waals surface area contributed by atoms with Crippen molar-refractivity contribution in [1.29, 1.82) is 0 Å². The van der Waals surface area contributed by atoms with Crippen LogP contribution in [-0.2, 0) is 6.54 Å². The molecule has 0 fully saturated rings. The molecule has 0 atom stereocenters. The van der Waals surface area contributed by atoms with Crippen molar-refractivity contribution in [1.82, 2.24) is 4.98 Å². The molecule has 1 aromatic heterocycles. The second-order valence-electron chi connectivity index (χ2n) is 3.95. The van der Waals surface area contributed by atoms with Crippen molar-refractivity contribution in [2.24, 2.45) is 0 Å². The lowest BCUT2D eigenvalue weighted by molar-refractivity contribution is -0.384. The molecule has 0 bridgehead atoms. The van der Waals surface area contributed by atoms with Gasteiger partial charge >= 0.3 is 0 Å². The first-order chi connectivity index (χ1) is 8.66. The minimum Gasteiger partial charge on any atom is -0.374 e. The molecule has 5 nitrogen and oxygen atoms in total. The van der Waals surface area contributed by atoms with E-state index in [-0.39, 0.29) is 10.6 Å². The van der Waals surface area contributed by atoms with Gasteiger partial charge in [-0.05, 0) is 30.7 Å². The zero-order valence-electron chi connectivity index (χ0n) is 9.96. The van der Waals surface area contributed by atoms with Crippen molar-refractivity contribution in [3.63, 3.8) is 0 Å². The molecule has 5 heteroatoms. The van der Waals surface area contributed by atoms with Crippen molar-refractivity contribution in [3.8, 4) is 0 Å². The van der Waals surface area contributed by atoms with E-state index in [0.29, 0.717) is 12.2 Å². The van der Waals surface area contributed by atoms with E-state index in [1.807, 2.05) is 25.1 Å². The summed E-state index contributed by atoms with van der Waals surface area (Å²) >= 11 is 0. The zero-order chi connectivity index (χ0) is 13.0. The zero-order valence-corrected chi connectivity index (χ0v) is 9.96. The monoisotopic (exact) mass is 243 g/mol. The van der Waals surface area contributed by atoms with Crippen LogP contribution in [0.2, 0.25) is 0 Å². The quantitative estimate of drug-likeness (QED) is 0.662. The molecule has 0 amide bonds. The molecule has 1 N–H and O–H groups in total.